The molecular formula is C14H23N3O. The Labute approximate surface area is 109 Å². The molecule has 0 unspecified atom stereocenters. The maximum absolute atomic E-state index is 10.8. The smallest absolute Gasteiger partial charge is 0.330 e. The summed E-state index contributed by atoms with van der Waals surface area (Å²) in [6.07, 6.45) is 8.31. The van der Waals surface area contributed by atoms with Gasteiger partial charge in [0.15, 0.2) is 0 Å². The standard InChI is InChI=1S/C14H23N3O/c1-5-7-11(16-17-13(15)18)12-10(2)8-6-9-14(12,3)4/h5,7-8,16H,6,9H2,1-4H3,(H3,15,17,18)/b7-5+,12-11?. The van der Waals surface area contributed by atoms with Crippen molar-refractivity contribution in [2.45, 2.75) is 40.5 Å². The first kappa shape index (κ1) is 14.4. The maximum atomic E-state index is 10.8. The number of primary amides is 1. The highest BCUT2D eigenvalue weighted by molar-refractivity contribution is 5.71. The minimum absolute atomic E-state index is 0.0833. The molecule has 0 bridgehead atoms. The lowest BCUT2D eigenvalue weighted by molar-refractivity contribution is 0.246. The van der Waals surface area contributed by atoms with Crippen molar-refractivity contribution in [3.8, 4) is 0 Å². The summed E-state index contributed by atoms with van der Waals surface area (Å²) < 4.78 is 0. The van der Waals surface area contributed by atoms with Crippen LogP contribution in [0, 0.1) is 5.41 Å². The number of nitrogens with one attached hydrogen (secondary N) is 2. The second kappa shape index (κ2) is 5.76. The minimum atomic E-state index is -0.590. The second-order valence-electron chi connectivity index (χ2n) is 5.21. The lowest BCUT2D eigenvalue weighted by Crippen LogP contribution is -2.41. The van der Waals surface area contributed by atoms with Gasteiger partial charge >= 0.3 is 6.03 Å². The Bertz CT molecular complexity index is 417. The SMILES string of the molecule is C/C=C/C(NNC(N)=O)=C1C(C)=CCCC1(C)C. The highest BCUT2D eigenvalue weighted by atomic mass is 16.2. The van der Waals surface area contributed by atoms with Crippen LogP contribution in [0.5, 0.6) is 0 Å². The van der Waals surface area contributed by atoms with Crippen LogP contribution in [0.25, 0.3) is 0 Å². The summed E-state index contributed by atoms with van der Waals surface area (Å²) in [7, 11) is 0. The quantitative estimate of drug-likeness (QED) is 0.673. The number of hydrogen-bond acceptors (Lipinski definition) is 2. The summed E-state index contributed by atoms with van der Waals surface area (Å²) in [5.41, 5.74) is 13.9. The Morgan fingerprint density at radius 3 is 2.61 bits per heavy atom. The van der Waals surface area contributed by atoms with Gasteiger partial charge in [0.05, 0.1) is 5.70 Å². The van der Waals surface area contributed by atoms with Crippen LogP contribution in [0.2, 0.25) is 0 Å². The topological polar surface area (TPSA) is 67.2 Å². The van der Waals surface area contributed by atoms with Crippen LogP contribution in [0.1, 0.15) is 40.5 Å². The monoisotopic (exact) mass is 249 g/mol. The Kier molecular flexibility index (Phi) is 4.59. The molecule has 4 heteroatoms. The van der Waals surface area contributed by atoms with Gasteiger partial charge in [-0.2, -0.15) is 0 Å². The molecule has 0 aromatic heterocycles. The van der Waals surface area contributed by atoms with Gasteiger partial charge in [-0.3, -0.25) is 10.9 Å². The van der Waals surface area contributed by atoms with Crippen molar-refractivity contribution in [2.75, 3.05) is 0 Å². The first-order valence-electron chi connectivity index (χ1n) is 6.24. The van der Waals surface area contributed by atoms with E-state index in [1.54, 1.807) is 0 Å². The summed E-state index contributed by atoms with van der Waals surface area (Å²) in [6, 6.07) is -0.590. The molecule has 1 rings (SSSR count). The number of urea groups is 1. The molecular weight excluding hydrogens is 226 g/mol. The van der Waals surface area contributed by atoms with Gasteiger partial charge in [0.25, 0.3) is 0 Å². The van der Waals surface area contributed by atoms with Crippen molar-refractivity contribution in [3.05, 3.63) is 35.1 Å². The van der Waals surface area contributed by atoms with E-state index in [0.717, 1.165) is 18.5 Å². The van der Waals surface area contributed by atoms with Gasteiger partial charge in [0.1, 0.15) is 0 Å². The number of carbonyl (C=O) groups excluding carboxylic acids is 1. The molecule has 0 spiro atoms. The Morgan fingerprint density at radius 1 is 1.44 bits per heavy atom. The minimum Gasteiger partial charge on any atom is -0.350 e. The van der Waals surface area contributed by atoms with Crippen LogP contribution >= 0.6 is 0 Å². The third-order valence-corrected chi connectivity index (χ3v) is 3.21. The van der Waals surface area contributed by atoms with Gasteiger partial charge in [-0.05, 0) is 49.3 Å². The summed E-state index contributed by atoms with van der Waals surface area (Å²) >= 11 is 0. The third kappa shape index (κ3) is 3.39. The second-order valence-corrected chi connectivity index (χ2v) is 5.21. The summed E-state index contributed by atoms with van der Waals surface area (Å²) in [5, 5.41) is 0. The number of allylic oxidation sites excluding steroid dienone is 5. The molecule has 0 saturated heterocycles. The fourth-order valence-corrected chi connectivity index (χ4v) is 2.47. The summed E-state index contributed by atoms with van der Waals surface area (Å²) in [4.78, 5) is 10.8. The first-order chi connectivity index (χ1) is 8.38. The van der Waals surface area contributed by atoms with Gasteiger partial charge in [-0.25, -0.2) is 4.79 Å². The van der Waals surface area contributed by atoms with Crippen molar-refractivity contribution >= 4 is 6.03 Å². The number of amides is 2. The predicted octanol–water partition coefficient (Wildman–Crippen LogP) is 2.76. The number of rotatable bonds is 3. The molecule has 0 saturated carbocycles. The van der Waals surface area contributed by atoms with E-state index >= 15 is 0 Å². The highest BCUT2D eigenvalue weighted by Gasteiger charge is 2.29. The summed E-state index contributed by atoms with van der Waals surface area (Å²) in [6.45, 7) is 8.48. The van der Waals surface area contributed by atoms with Crippen LogP contribution in [-0.2, 0) is 0 Å². The van der Waals surface area contributed by atoms with Crippen molar-refractivity contribution in [1.82, 2.24) is 10.9 Å². The molecule has 1 aliphatic rings. The average molecular weight is 249 g/mol. The lowest BCUT2D eigenvalue weighted by atomic mass is 9.72. The fraction of sp³-hybridized carbons (Fsp3) is 0.500. The van der Waals surface area contributed by atoms with Gasteiger partial charge in [-0.1, -0.05) is 26.0 Å². The van der Waals surface area contributed by atoms with Gasteiger partial charge in [0, 0.05) is 0 Å². The van der Waals surface area contributed by atoms with Crippen LogP contribution in [0.15, 0.2) is 35.1 Å². The normalized spacial score (nSPS) is 21.4. The molecule has 0 radical (unpaired) electrons. The number of hydrogen-bond donors (Lipinski definition) is 3. The number of hydrazine groups is 1. The first-order valence-corrected chi connectivity index (χ1v) is 6.24. The molecule has 2 amide bonds. The molecule has 0 fully saturated rings. The van der Waals surface area contributed by atoms with Crippen LogP contribution in [0.4, 0.5) is 4.79 Å². The largest absolute Gasteiger partial charge is 0.350 e. The van der Waals surface area contributed by atoms with Crippen molar-refractivity contribution < 1.29 is 4.79 Å². The Balaban J connectivity index is 3.18. The van der Waals surface area contributed by atoms with E-state index in [0.29, 0.717) is 0 Å². The molecule has 100 valence electrons. The molecule has 0 aromatic carbocycles. The molecule has 1 aliphatic carbocycles. The zero-order chi connectivity index (χ0) is 13.8. The van der Waals surface area contributed by atoms with E-state index in [1.807, 2.05) is 19.1 Å². The van der Waals surface area contributed by atoms with E-state index in [9.17, 15) is 4.79 Å². The molecule has 0 heterocycles. The average Bonchev–Trinajstić information content (AvgIpc) is 2.24. The number of carbonyl (C=O) groups is 1. The van der Waals surface area contributed by atoms with Crippen molar-refractivity contribution in [1.29, 1.82) is 0 Å². The van der Waals surface area contributed by atoms with Gasteiger partial charge < -0.3 is 5.73 Å². The Hall–Kier alpha value is -1.71. The van der Waals surface area contributed by atoms with Gasteiger partial charge in [-0.15, -0.1) is 0 Å². The fourth-order valence-electron chi connectivity index (χ4n) is 2.47. The third-order valence-electron chi connectivity index (χ3n) is 3.21. The molecule has 4 nitrogen and oxygen atoms in total. The zero-order valence-electron chi connectivity index (χ0n) is 11.6. The van der Waals surface area contributed by atoms with Crippen LogP contribution in [0.3, 0.4) is 0 Å². The van der Waals surface area contributed by atoms with Crippen molar-refractivity contribution in [2.24, 2.45) is 11.1 Å². The molecule has 18 heavy (non-hydrogen) atoms. The van der Waals surface area contributed by atoms with E-state index in [4.69, 9.17) is 5.73 Å². The van der Waals surface area contributed by atoms with E-state index < -0.39 is 6.03 Å². The lowest BCUT2D eigenvalue weighted by Gasteiger charge is -2.34. The van der Waals surface area contributed by atoms with Crippen LogP contribution in [-0.4, -0.2) is 6.03 Å². The van der Waals surface area contributed by atoms with Crippen molar-refractivity contribution in [3.63, 3.8) is 0 Å². The van der Waals surface area contributed by atoms with E-state index in [2.05, 4.69) is 37.7 Å². The molecule has 4 N–H and O–H groups in total. The molecule has 0 atom stereocenters. The van der Waals surface area contributed by atoms with E-state index in [1.165, 1.54) is 11.1 Å². The van der Waals surface area contributed by atoms with Gasteiger partial charge in [0.2, 0.25) is 0 Å². The van der Waals surface area contributed by atoms with Crippen LogP contribution < -0.4 is 16.6 Å². The summed E-state index contributed by atoms with van der Waals surface area (Å²) in [5.74, 6) is 0. The zero-order valence-corrected chi connectivity index (χ0v) is 11.6. The highest BCUT2D eigenvalue weighted by Crippen LogP contribution is 2.41. The van der Waals surface area contributed by atoms with E-state index in [-0.39, 0.29) is 5.41 Å². The molecule has 0 aliphatic heterocycles. The Morgan fingerprint density at radius 2 is 2.11 bits per heavy atom. The number of nitrogens with two attached hydrogens (primary N) is 1. The predicted molar refractivity (Wildman–Crippen MR) is 74.5 cm³/mol. The maximum Gasteiger partial charge on any atom is 0.330 e. The molecule has 0 aromatic rings.